The van der Waals surface area contributed by atoms with E-state index in [1.54, 1.807) is 11.3 Å². The van der Waals surface area contributed by atoms with Gasteiger partial charge < -0.3 is 15.2 Å². The first kappa shape index (κ1) is 14.0. The molecule has 0 radical (unpaired) electrons. The zero-order valence-corrected chi connectivity index (χ0v) is 11.8. The SMILES string of the molecule is CCC(N)C(OCC1CCCCO1)c1ccsc1. The molecule has 1 saturated heterocycles. The lowest BCUT2D eigenvalue weighted by Gasteiger charge is -2.27. The fourth-order valence-electron chi connectivity index (χ4n) is 2.27. The van der Waals surface area contributed by atoms with Crippen molar-refractivity contribution < 1.29 is 9.47 Å². The van der Waals surface area contributed by atoms with E-state index < -0.39 is 0 Å². The second-order valence-corrected chi connectivity index (χ2v) is 5.65. The van der Waals surface area contributed by atoms with Crippen molar-refractivity contribution in [1.82, 2.24) is 0 Å². The van der Waals surface area contributed by atoms with E-state index in [1.165, 1.54) is 18.4 Å². The second-order valence-electron chi connectivity index (χ2n) is 4.87. The van der Waals surface area contributed by atoms with Gasteiger partial charge in [-0.1, -0.05) is 6.92 Å². The summed E-state index contributed by atoms with van der Waals surface area (Å²) in [6, 6.07) is 2.16. The minimum Gasteiger partial charge on any atom is -0.376 e. The number of hydrogen-bond acceptors (Lipinski definition) is 4. The highest BCUT2D eigenvalue weighted by molar-refractivity contribution is 7.07. The maximum atomic E-state index is 6.16. The van der Waals surface area contributed by atoms with Crippen LogP contribution in [-0.2, 0) is 9.47 Å². The van der Waals surface area contributed by atoms with E-state index in [2.05, 4.69) is 23.8 Å². The van der Waals surface area contributed by atoms with Crippen LogP contribution in [0, 0.1) is 0 Å². The van der Waals surface area contributed by atoms with Crippen molar-refractivity contribution in [2.24, 2.45) is 5.73 Å². The molecule has 1 fully saturated rings. The Morgan fingerprint density at radius 2 is 2.44 bits per heavy atom. The maximum absolute atomic E-state index is 6.16. The van der Waals surface area contributed by atoms with Gasteiger partial charge in [0.1, 0.15) is 0 Å². The van der Waals surface area contributed by atoms with E-state index in [0.717, 1.165) is 19.4 Å². The molecule has 1 aromatic heterocycles. The van der Waals surface area contributed by atoms with Gasteiger partial charge >= 0.3 is 0 Å². The summed E-state index contributed by atoms with van der Waals surface area (Å²) in [7, 11) is 0. The molecule has 3 atom stereocenters. The Kier molecular flexibility index (Phi) is 5.63. The third-order valence-corrected chi connectivity index (χ3v) is 4.17. The van der Waals surface area contributed by atoms with E-state index >= 15 is 0 Å². The van der Waals surface area contributed by atoms with Crippen molar-refractivity contribution in [3.05, 3.63) is 22.4 Å². The van der Waals surface area contributed by atoms with Crippen molar-refractivity contribution in [2.75, 3.05) is 13.2 Å². The molecule has 2 N–H and O–H groups in total. The number of ether oxygens (including phenoxy) is 2. The lowest BCUT2D eigenvalue weighted by Crippen LogP contribution is -2.33. The Morgan fingerprint density at radius 3 is 3.06 bits per heavy atom. The molecule has 1 aliphatic rings. The van der Waals surface area contributed by atoms with Crippen molar-refractivity contribution in [1.29, 1.82) is 0 Å². The third kappa shape index (κ3) is 3.79. The largest absolute Gasteiger partial charge is 0.376 e. The number of hydrogen-bond donors (Lipinski definition) is 1. The Bertz CT molecular complexity index is 323. The van der Waals surface area contributed by atoms with Crippen LogP contribution < -0.4 is 5.73 Å². The van der Waals surface area contributed by atoms with E-state index in [-0.39, 0.29) is 18.2 Å². The standard InChI is InChI=1S/C14H23NO2S/c1-2-13(15)14(11-6-8-18-10-11)17-9-12-5-3-4-7-16-12/h6,8,10,12-14H,2-5,7,9,15H2,1H3. The molecule has 2 heterocycles. The molecule has 102 valence electrons. The highest BCUT2D eigenvalue weighted by Crippen LogP contribution is 2.25. The smallest absolute Gasteiger partial charge is 0.0984 e. The molecule has 3 unspecified atom stereocenters. The van der Waals surface area contributed by atoms with Crippen LogP contribution in [0.5, 0.6) is 0 Å². The normalized spacial score (nSPS) is 23.8. The van der Waals surface area contributed by atoms with E-state index in [0.29, 0.717) is 6.61 Å². The highest BCUT2D eigenvalue weighted by atomic mass is 32.1. The first-order valence-electron chi connectivity index (χ1n) is 6.82. The van der Waals surface area contributed by atoms with Crippen molar-refractivity contribution >= 4 is 11.3 Å². The summed E-state index contributed by atoms with van der Waals surface area (Å²) >= 11 is 1.69. The Labute approximate surface area is 113 Å². The van der Waals surface area contributed by atoms with Crippen LogP contribution in [0.15, 0.2) is 16.8 Å². The van der Waals surface area contributed by atoms with Crippen LogP contribution in [0.25, 0.3) is 0 Å². The summed E-state index contributed by atoms with van der Waals surface area (Å²) in [6.07, 6.45) is 4.72. The average molecular weight is 269 g/mol. The summed E-state index contributed by atoms with van der Waals surface area (Å²) in [4.78, 5) is 0. The van der Waals surface area contributed by atoms with Crippen molar-refractivity contribution in [3.8, 4) is 0 Å². The Morgan fingerprint density at radius 1 is 1.56 bits per heavy atom. The van der Waals surface area contributed by atoms with Gasteiger partial charge in [-0.05, 0) is 48.1 Å². The molecular weight excluding hydrogens is 246 g/mol. The van der Waals surface area contributed by atoms with Crippen LogP contribution in [0.1, 0.15) is 44.3 Å². The van der Waals surface area contributed by atoms with Crippen molar-refractivity contribution in [2.45, 2.75) is 50.9 Å². The molecule has 2 rings (SSSR count). The number of rotatable bonds is 6. The van der Waals surface area contributed by atoms with Crippen LogP contribution in [-0.4, -0.2) is 25.4 Å². The molecule has 1 aliphatic heterocycles. The maximum Gasteiger partial charge on any atom is 0.0984 e. The fraction of sp³-hybridized carbons (Fsp3) is 0.714. The van der Waals surface area contributed by atoms with Gasteiger partial charge in [-0.2, -0.15) is 11.3 Å². The minimum absolute atomic E-state index is 0.00627. The van der Waals surface area contributed by atoms with E-state index in [1.807, 2.05) is 0 Å². The summed E-state index contributed by atoms with van der Waals surface area (Å²) in [6.45, 7) is 3.63. The number of nitrogens with two attached hydrogens (primary N) is 1. The summed E-state index contributed by atoms with van der Waals surface area (Å²) in [5.41, 5.74) is 7.36. The molecule has 0 aromatic carbocycles. The van der Waals surface area contributed by atoms with Crippen LogP contribution in [0.4, 0.5) is 0 Å². The average Bonchev–Trinajstić information content (AvgIpc) is 2.94. The molecule has 3 nitrogen and oxygen atoms in total. The van der Waals surface area contributed by atoms with Gasteiger partial charge in [-0.15, -0.1) is 0 Å². The molecular formula is C14H23NO2S. The minimum atomic E-state index is 0.00627. The van der Waals surface area contributed by atoms with Gasteiger partial charge in [0.15, 0.2) is 0 Å². The first-order chi connectivity index (χ1) is 8.81. The second kappa shape index (κ2) is 7.24. The molecule has 0 amide bonds. The molecule has 0 aliphatic carbocycles. The molecule has 1 aromatic rings. The molecule has 0 spiro atoms. The van der Waals surface area contributed by atoms with Gasteiger partial charge in [-0.3, -0.25) is 0 Å². The van der Waals surface area contributed by atoms with Gasteiger partial charge in [0.25, 0.3) is 0 Å². The van der Waals surface area contributed by atoms with E-state index in [9.17, 15) is 0 Å². The van der Waals surface area contributed by atoms with Crippen LogP contribution in [0.2, 0.25) is 0 Å². The van der Waals surface area contributed by atoms with Crippen LogP contribution in [0.3, 0.4) is 0 Å². The van der Waals surface area contributed by atoms with Crippen LogP contribution >= 0.6 is 11.3 Å². The quantitative estimate of drug-likeness (QED) is 0.863. The molecule has 4 heteroatoms. The van der Waals surface area contributed by atoms with Gasteiger partial charge in [-0.25, -0.2) is 0 Å². The zero-order valence-electron chi connectivity index (χ0n) is 11.0. The first-order valence-corrected chi connectivity index (χ1v) is 7.76. The lowest BCUT2D eigenvalue weighted by molar-refractivity contribution is -0.0694. The number of thiophene rings is 1. The monoisotopic (exact) mass is 269 g/mol. The molecule has 18 heavy (non-hydrogen) atoms. The predicted octanol–water partition coefficient (Wildman–Crippen LogP) is 3.11. The van der Waals surface area contributed by atoms with Crippen molar-refractivity contribution in [3.63, 3.8) is 0 Å². The Balaban J connectivity index is 1.89. The van der Waals surface area contributed by atoms with Gasteiger partial charge in [0, 0.05) is 12.6 Å². The van der Waals surface area contributed by atoms with Gasteiger partial charge in [0.2, 0.25) is 0 Å². The lowest BCUT2D eigenvalue weighted by atomic mass is 10.0. The highest BCUT2D eigenvalue weighted by Gasteiger charge is 2.22. The molecule has 0 saturated carbocycles. The van der Waals surface area contributed by atoms with E-state index in [4.69, 9.17) is 15.2 Å². The Hall–Kier alpha value is -0.420. The summed E-state index contributed by atoms with van der Waals surface area (Å²) in [5.74, 6) is 0. The summed E-state index contributed by atoms with van der Waals surface area (Å²) in [5, 5.41) is 4.20. The van der Waals surface area contributed by atoms with Gasteiger partial charge in [0.05, 0.1) is 18.8 Å². The summed E-state index contributed by atoms with van der Waals surface area (Å²) < 4.78 is 11.7. The topological polar surface area (TPSA) is 44.5 Å². The predicted molar refractivity (Wildman–Crippen MR) is 74.9 cm³/mol. The molecule has 0 bridgehead atoms. The third-order valence-electron chi connectivity index (χ3n) is 3.47. The fourth-order valence-corrected chi connectivity index (χ4v) is 2.95. The zero-order chi connectivity index (χ0) is 12.8.